The summed E-state index contributed by atoms with van der Waals surface area (Å²) in [6.07, 6.45) is 4.81. The zero-order valence-corrected chi connectivity index (χ0v) is 13.7. The molecule has 122 valence electrons. The Labute approximate surface area is 136 Å². The van der Waals surface area contributed by atoms with Gasteiger partial charge in [0.15, 0.2) is 0 Å². The molecule has 1 aromatic heterocycles. The summed E-state index contributed by atoms with van der Waals surface area (Å²) < 4.78 is 1.70. The highest BCUT2D eigenvalue weighted by molar-refractivity contribution is 5.82. The van der Waals surface area contributed by atoms with E-state index in [-0.39, 0.29) is 5.41 Å². The van der Waals surface area contributed by atoms with Gasteiger partial charge in [-0.3, -0.25) is 5.32 Å². The van der Waals surface area contributed by atoms with Crippen molar-refractivity contribution in [2.75, 3.05) is 5.32 Å². The summed E-state index contributed by atoms with van der Waals surface area (Å²) in [5, 5.41) is 16.3. The molecule has 2 aromatic rings. The Morgan fingerprint density at radius 2 is 1.87 bits per heavy atom. The molecule has 1 aliphatic rings. The van der Waals surface area contributed by atoms with Gasteiger partial charge < -0.3 is 5.11 Å². The first kappa shape index (κ1) is 15.6. The van der Waals surface area contributed by atoms with Crippen molar-refractivity contribution in [2.45, 2.75) is 51.4 Å². The number of amides is 1. The van der Waals surface area contributed by atoms with Crippen LogP contribution in [0.5, 0.6) is 0 Å². The van der Waals surface area contributed by atoms with E-state index in [1.165, 1.54) is 19.3 Å². The van der Waals surface area contributed by atoms with Gasteiger partial charge in [0.1, 0.15) is 5.82 Å². The Kier molecular flexibility index (Phi) is 4.11. The lowest BCUT2D eigenvalue weighted by atomic mass is 9.73. The third kappa shape index (κ3) is 3.23. The van der Waals surface area contributed by atoms with Crippen LogP contribution in [0.25, 0.3) is 5.69 Å². The van der Waals surface area contributed by atoms with Gasteiger partial charge in [-0.2, -0.15) is 5.10 Å². The summed E-state index contributed by atoms with van der Waals surface area (Å²) in [7, 11) is 0. The molecule has 1 fully saturated rings. The van der Waals surface area contributed by atoms with Crippen LogP contribution in [0.3, 0.4) is 0 Å². The van der Waals surface area contributed by atoms with Crippen molar-refractivity contribution >= 4 is 11.9 Å². The summed E-state index contributed by atoms with van der Waals surface area (Å²) in [5.74, 6) is 0.503. The lowest BCUT2D eigenvalue weighted by Crippen LogP contribution is -2.25. The van der Waals surface area contributed by atoms with Crippen LogP contribution < -0.4 is 5.32 Å². The van der Waals surface area contributed by atoms with Crippen LogP contribution in [-0.2, 0) is 5.41 Å². The van der Waals surface area contributed by atoms with E-state index in [1.54, 1.807) is 4.68 Å². The smallest absolute Gasteiger partial charge is 0.410 e. The standard InChI is InChI=1S/C18H23N3O2/c1-13-6-8-14(9-7-13)21-16(19-17(22)23)12-15(20-21)18(2)10-4-3-5-11-18/h6-9,12,19H,3-5,10-11H2,1-2H3,(H,22,23). The van der Waals surface area contributed by atoms with Crippen LogP contribution in [0.4, 0.5) is 10.6 Å². The molecule has 1 amide bonds. The molecule has 0 aliphatic heterocycles. The highest BCUT2D eigenvalue weighted by atomic mass is 16.4. The first-order chi connectivity index (χ1) is 11.0. The van der Waals surface area contributed by atoms with Gasteiger partial charge in [0.25, 0.3) is 0 Å². The molecule has 0 spiro atoms. The molecule has 3 rings (SSSR count). The molecule has 2 N–H and O–H groups in total. The molecular weight excluding hydrogens is 290 g/mol. The molecular formula is C18H23N3O2. The van der Waals surface area contributed by atoms with E-state index in [4.69, 9.17) is 10.2 Å². The molecule has 5 nitrogen and oxygen atoms in total. The van der Waals surface area contributed by atoms with Crippen LogP contribution in [0.15, 0.2) is 30.3 Å². The van der Waals surface area contributed by atoms with Gasteiger partial charge in [-0.15, -0.1) is 0 Å². The quantitative estimate of drug-likeness (QED) is 0.877. The second-order valence-electron chi connectivity index (χ2n) is 6.71. The van der Waals surface area contributed by atoms with Gasteiger partial charge in [0.05, 0.1) is 11.4 Å². The maximum atomic E-state index is 11.1. The Morgan fingerprint density at radius 3 is 2.48 bits per heavy atom. The van der Waals surface area contributed by atoms with Crippen LogP contribution >= 0.6 is 0 Å². The van der Waals surface area contributed by atoms with Gasteiger partial charge in [-0.25, -0.2) is 9.48 Å². The largest absolute Gasteiger partial charge is 0.465 e. The number of hydrogen-bond acceptors (Lipinski definition) is 2. The molecule has 0 saturated heterocycles. The van der Waals surface area contributed by atoms with Crippen LogP contribution in [0, 0.1) is 6.92 Å². The number of nitrogens with zero attached hydrogens (tertiary/aromatic N) is 2. The van der Waals surface area contributed by atoms with Crippen LogP contribution in [0.2, 0.25) is 0 Å². The molecule has 1 heterocycles. The van der Waals surface area contributed by atoms with E-state index in [9.17, 15) is 4.79 Å². The number of hydrogen-bond donors (Lipinski definition) is 2. The van der Waals surface area contributed by atoms with Crippen molar-refractivity contribution in [3.8, 4) is 5.69 Å². The van der Waals surface area contributed by atoms with Crippen molar-refractivity contribution in [1.82, 2.24) is 9.78 Å². The molecule has 1 aliphatic carbocycles. The number of aromatic nitrogens is 2. The molecule has 0 bridgehead atoms. The van der Waals surface area contributed by atoms with E-state index in [0.29, 0.717) is 5.82 Å². The molecule has 1 saturated carbocycles. The zero-order chi connectivity index (χ0) is 16.4. The van der Waals surface area contributed by atoms with Gasteiger partial charge in [0.2, 0.25) is 0 Å². The second kappa shape index (κ2) is 6.07. The maximum Gasteiger partial charge on any atom is 0.410 e. The normalized spacial score (nSPS) is 17.0. The van der Waals surface area contributed by atoms with E-state index in [1.807, 2.05) is 37.3 Å². The average molecular weight is 313 g/mol. The summed E-state index contributed by atoms with van der Waals surface area (Å²) >= 11 is 0. The third-order valence-electron chi connectivity index (χ3n) is 4.80. The Balaban J connectivity index is 2.03. The number of nitrogens with one attached hydrogen (secondary N) is 1. The number of aryl methyl sites for hydroxylation is 1. The monoisotopic (exact) mass is 313 g/mol. The molecule has 0 unspecified atom stereocenters. The SMILES string of the molecule is Cc1ccc(-n2nc(C3(C)CCCCC3)cc2NC(=O)O)cc1. The summed E-state index contributed by atoms with van der Waals surface area (Å²) in [5.41, 5.74) is 3.03. The third-order valence-corrected chi connectivity index (χ3v) is 4.80. The fraction of sp³-hybridized carbons (Fsp3) is 0.444. The van der Waals surface area contributed by atoms with E-state index < -0.39 is 6.09 Å². The minimum atomic E-state index is -1.07. The first-order valence-electron chi connectivity index (χ1n) is 8.15. The number of benzene rings is 1. The molecule has 5 heteroatoms. The van der Waals surface area contributed by atoms with E-state index in [2.05, 4.69) is 12.2 Å². The summed E-state index contributed by atoms with van der Waals surface area (Å²) in [6, 6.07) is 9.82. The summed E-state index contributed by atoms with van der Waals surface area (Å²) in [6.45, 7) is 4.26. The fourth-order valence-electron chi connectivity index (χ4n) is 3.35. The number of anilines is 1. The predicted octanol–water partition coefficient (Wildman–Crippen LogP) is 4.49. The van der Waals surface area contributed by atoms with Crippen molar-refractivity contribution in [1.29, 1.82) is 0 Å². The highest BCUT2D eigenvalue weighted by Gasteiger charge is 2.32. The lowest BCUT2D eigenvalue weighted by Gasteiger charge is -2.31. The average Bonchev–Trinajstić information content (AvgIpc) is 2.93. The van der Waals surface area contributed by atoms with Gasteiger partial charge in [-0.1, -0.05) is 43.9 Å². The predicted molar refractivity (Wildman–Crippen MR) is 90.4 cm³/mol. The van der Waals surface area contributed by atoms with Gasteiger partial charge in [-0.05, 0) is 31.9 Å². The number of carboxylic acid groups (broad SMARTS) is 1. The van der Waals surface area contributed by atoms with Crippen LogP contribution in [-0.4, -0.2) is 21.0 Å². The van der Waals surface area contributed by atoms with Crippen molar-refractivity contribution < 1.29 is 9.90 Å². The van der Waals surface area contributed by atoms with E-state index in [0.717, 1.165) is 29.8 Å². The fourth-order valence-corrected chi connectivity index (χ4v) is 3.35. The van der Waals surface area contributed by atoms with Crippen molar-refractivity contribution in [2.24, 2.45) is 0 Å². The molecule has 0 radical (unpaired) electrons. The maximum absolute atomic E-state index is 11.1. The lowest BCUT2D eigenvalue weighted by molar-refractivity contribution is 0.209. The molecule has 23 heavy (non-hydrogen) atoms. The Morgan fingerprint density at radius 1 is 1.22 bits per heavy atom. The summed E-state index contributed by atoms with van der Waals surface area (Å²) in [4.78, 5) is 11.1. The zero-order valence-electron chi connectivity index (χ0n) is 13.7. The van der Waals surface area contributed by atoms with Gasteiger partial charge in [0, 0.05) is 11.5 Å². The van der Waals surface area contributed by atoms with Gasteiger partial charge >= 0.3 is 6.09 Å². The van der Waals surface area contributed by atoms with Crippen LogP contribution in [0.1, 0.15) is 50.3 Å². The Bertz CT molecular complexity index is 698. The first-order valence-corrected chi connectivity index (χ1v) is 8.15. The minimum absolute atomic E-state index is 0.0309. The van der Waals surface area contributed by atoms with Crippen molar-refractivity contribution in [3.63, 3.8) is 0 Å². The number of carbonyl (C=O) groups is 1. The van der Waals surface area contributed by atoms with Crippen molar-refractivity contribution in [3.05, 3.63) is 41.6 Å². The molecule has 0 atom stereocenters. The highest BCUT2D eigenvalue weighted by Crippen LogP contribution is 2.39. The topological polar surface area (TPSA) is 67.2 Å². The minimum Gasteiger partial charge on any atom is -0.465 e. The Hall–Kier alpha value is -2.30. The molecule has 1 aromatic carbocycles. The van der Waals surface area contributed by atoms with E-state index >= 15 is 0 Å². The second-order valence-corrected chi connectivity index (χ2v) is 6.71. The number of rotatable bonds is 3.